The van der Waals surface area contributed by atoms with Crippen LogP contribution < -0.4 is 0 Å². The number of fused-ring (bicyclic) bond motifs is 1. The molecule has 0 radical (unpaired) electrons. The molecule has 0 bridgehead atoms. The number of thiol groups is 1. The molecule has 0 saturated heterocycles. The van der Waals surface area contributed by atoms with E-state index in [9.17, 15) is 0 Å². The Bertz CT molecular complexity index is 590. The average Bonchev–Trinajstić information content (AvgIpc) is 2.48. The molecule has 8 heteroatoms. The molecule has 0 atom stereocenters. The van der Waals surface area contributed by atoms with Crippen molar-refractivity contribution >= 4 is 65.5 Å². The van der Waals surface area contributed by atoms with Crippen molar-refractivity contribution < 1.29 is 13.1 Å². The second-order valence-corrected chi connectivity index (χ2v) is 6.37. The Labute approximate surface area is 142 Å². The zero-order chi connectivity index (χ0) is 14.8. The molecule has 0 unspecified atom stereocenters. The van der Waals surface area contributed by atoms with E-state index >= 15 is 0 Å². The van der Waals surface area contributed by atoms with Crippen LogP contribution in [0.3, 0.4) is 0 Å². The predicted octanol–water partition coefficient (Wildman–Crippen LogP) is 4.05. The molecule has 111 valence electrons. The normalized spacial score (nSPS) is 10.3. The van der Waals surface area contributed by atoms with Crippen molar-refractivity contribution in [1.29, 1.82) is 0 Å². The van der Waals surface area contributed by atoms with E-state index in [0.29, 0.717) is 4.32 Å². The SMILES string of the molecule is CSC(=[SH+])[N-]N=Cc1nccc2ccccc12.[Cl][Cu][Cl]. The molecule has 0 aliphatic carbocycles. The van der Waals surface area contributed by atoms with Crippen LogP contribution in [0.15, 0.2) is 41.6 Å². The summed E-state index contributed by atoms with van der Waals surface area (Å²) in [4.78, 5) is 4.28. The number of nitrogens with zero attached hydrogens (tertiary/aromatic N) is 3. The average molecular weight is 396 g/mol. The van der Waals surface area contributed by atoms with Crippen molar-refractivity contribution in [3.63, 3.8) is 0 Å². The van der Waals surface area contributed by atoms with E-state index in [0.717, 1.165) is 29.6 Å². The fourth-order valence-electron chi connectivity index (χ4n) is 1.42. The zero-order valence-corrected chi connectivity index (χ0v) is 14.5. The van der Waals surface area contributed by atoms with E-state index in [1.807, 2.05) is 36.6 Å². The molecule has 0 spiro atoms. The van der Waals surface area contributed by atoms with Gasteiger partial charge in [0.05, 0.1) is 5.69 Å². The molecule has 0 fully saturated rings. The first-order chi connectivity index (χ1) is 9.72. The number of halogens is 2. The van der Waals surface area contributed by atoms with Gasteiger partial charge >= 0.3 is 33.3 Å². The van der Waals surface area contributed by atoms with Crippen LogP contribution in [-0.4, -0.2) is 21.8 Å². The van der Waals surface area contributed by atoms with Gasteiger partial charge in [0.15, 0.2) is 16.5 Å². The van der Waals surface area contributed by atoms with Crippen molar-refractivity contribution in [1.82, 2.24) is 4.98 Å². The summed E-state index contributed by atoms with van der Waals surface area (Å²) in [5, 5.41) is 6.18. The summed E-state index contributed by atoms with van der Waals surface area (Å²) in [6.45, 7) is 0. The maximum absolute atomic E-state index is 4.67. The van der Waals surface area contributed by atoms with E-state index < -0.39 is 0 Å². The number of hydrogen-bond acceptors (Lipinski definition) is 3. The number of pyridine rings is 1. The Balaban J connectivity index is 0.000000612. The van der Waals surface area contributed by atoms with E-state index in [-0.39, 0.29) is 0 Å². The second-order valence-electron chi connectivity index (χ2n) is 3.29. The van der Waals surface area contributed by atoms with Crippen molar-refractivity contribution in [2.75, 3.05) is 6.26 Å². The van der Waals surface area contributed by atoms with Crippen molar-refractivity contribution in [2.45, 2.75) is 0 Å². The quantitative estimate of drug-likeness (QED) is 0.192. The van der Waals surface area contributed by atoms with E-state index in [2.05, 4.69) is 47.9 Å². The maximum atomic E-state index is 4.67. The van der Waals surface area contributed by atoms with Gasteiger partial charge in [-0.05, 0) is 17.7 Å². The van der Waals surface area contributed by atoms with Crippen LogP contribution in [0.1, 0.15) is 5.69 Å². The Morgan fingerprint density at radius 1 is 1.40 bits per heavy atom. The van der Waals surface area contributed by atoms with Gasteiger partial charge in [-0.3, -0.25) is 4.98 Å². The van der Waals surface area contributed by atoms with Crippen molar-refractivity contribution in [3.05, 3.63) is 47.6 Å². The zero-order valence-electron chi connectivity index (χ0n) is 10.3. The van der Waals surface area contributed by atoms with Gasteiger partial charge in [0.25, 0.3) is 0 Å². The molecule has 0 aliphatic heterocycles. The Morgan fingerprint density at radius 2 is 2.10 bits per heavy atom. The van der Waals surface area contributed by atoms with Crippen LogP contribution in [-0.2, 0) is 25.4 Å². The molecule has 0 N–H and O–H groups in total. The Kier molecular flexibility index (Phi) is 9.18. The molecule has 20 heavy (non-hydrogen) atoms. The molecule has 1 aromatic heterocycles. The molecular weight excluding hydrogens is 385 g/mol. The van der Waals surface area contributed by atoms with Crippen LogP contribution in [0.5, 0.6) is 0 Å². The molecule has 1 aromatic carbocycles. The van der Waals surface area contributed by atoms with Gasteiger partial charge < -0.3 is 10.5 Å². The molecule has 0 saturated carbocycles. The third kappa shape index (κ3) is 5.95. The molecular formula is C12H11Cl2CuN3S2. The van der Waals surface area contributed by atoms with Crippen LogP contribution in [0.25, 0.3) is 16.2 Å². The topological polar surface area (TPSA) is 39.4 Å². The monoisotopic (exact) mass is 394 g/mol. The summed E-state index contributed by atoms with van der Waals surface area (Å²) in [5.41, 5.74) is 4.73. The molecule has 3 nitrogen and oxygen atoms in total. The fourth-order valence-corrected chi connectivity index (χ4v) is 1.60. The number of benzene rings is 1. The summed E-state index contributed by atoms with van der Waals surface area (Å²) in [5.74, 6) is 0. The molecule has 0 amide bonds. The second kappa shape index (κ2) is 10.4. The number of thioether (sulfide) groups is 1. The van der Waals surface area contributed by atoms with Crippen LogP contribution in [0.4, 0.5) is 0 Å². The first kappa shape index (κ1) is 17.7. The Morgan fingerprint density at radius 3 is 2.80 bits per heavy atom. The number of aromatic nitrogens is 1. The summed E-state index contributed by atoms with van der Waals surface area (Å²) in [6, 6.07) is 10.0. The molecule has 0 aliphatic rings. The summed E-state index contributed by atoms with van der Waals surface area (Å²) >= 11 is 6.33. The Hall–Kier alpha value is -0.361. The van der Waals surface area contributed by atoms with Gasteiger partial charge in [-0.25, -0.2) is 0 Å². The van der Waals surface area contributed by atoms with Crippen LogP contribution in [0.2, 0.25) is 0 Å². The van der Waals surface area contributed by atoms with Crippen LogP contribution >= 0.6 is 32.0 Å². The molecule has 1 heterocycles. The third-order valence-corrected chi connectivity index (χ3v) is 3.29. The van der Waals surface area contributed by atoms with E-state index in [1.54, 1.807) is 12.4 Å². The van der Waals surface area contributed by atoms with Gasteiger partial charge in [0.2, 0.25) is 0 Å². The summed E-state index contributed by atoms with van der Waals surface area (Å²) < 4.78 is 0.626. The van der Waals surface area contributed by atoms with Gasteiger partial charge in [-0.15, -0.1) is 0 Å². The minimum atomic E-state index is 0.626. The van der Waals surface area contributed by atoms with Gasteiger partial charge in [-0.1, -0.05) is 36.0 Å². The molecule has 2 rings (SSSR count). The first-order valence-electron chi connectivity index (χ1n) is 5.22. The number of hydrogen-bond donors (Lipinski definition) is 0. The third-order valence-electron chi connectivity index (χ3n) is 2.21. The van der Waals surface area contributed by atoms with Gasteiger partial charge in [0.1, 0.15) is 0 Å². The van der Waals surface area contributed by atoms with Crippen molar-refractivity contribution in [2.24, 2.45) is 5.10 Å². The predicted molar refractivity (Wildman–Crippen MR) is 91.7 cm³/mol. The summed E-state index contributed by atoms with van der Waals surface area (Å²) in [6.07, 6.45) is 5.32. The fraction of sp³-hybridized carbons (Fsp3) is 0.0833. The van der Waals surface area contributed by atoms with Gasteiger partial charge in [-0.2, -0.15) is 0 Å². The van der Waals surface area contributed by atoms with E-state index in [1.165, 1.54) is 11.8 Å². The number of rotatable bonds is 2. The van der Waals surface area contributed by atoms with E-state index in [4.69, 9.17) is 0 Å². The van der Waals surface area contributed by atoms with Crippen molar-refractivity contribution in [3.8, 4) is 0 Å². The molecule has 2 aromatic rings. The summed E-state index contributed by atoms with van der Waals surface area (Å²) in [7, 11) is 9.34. The van der Waals surface area contributed by atoms with Crippen LogP contribution in [0, 0.1) is 0 Å². The standard InChI is InChI=1S/C12H11N3S2.2ClH.Cu/c1-17-12(16)15-14-8-11-10-5-3-2-4-9(10)6-7-13-11;;;/h2-8H,1H3,(H,13,15,16);2*1H;/q;;;+2/p-2. The van der Waals surface area contributed by atoms with Gasteiger partial charge in [0, 0.05) is 17.8 Å². The minimum absolute atomic E-state index is 0.626. The first-order valence-corrected chi connectivity index (χ1v) is 9.48.